The molecule has 0 saturated carbocycles. The number of aliphatic hydroxyl groups is 3. The average Bonchev–Trinajstić information content (AvgIpc) is 3.12. The Morgan fingerprint density at radius 2 is 0.843 bits per heavy atom. The number of aliphatic hydroxyl groups excluding tert-OH is 3. The van der Waals surface area contributed by atoms with Crippen molar-refractivity contribution in [2.24, 2.45) is 0 Å². The molecule has 0 spiro atoms. The van der Waals surface area contributed by atoms with E-state index in [0.717, 1.165) is 32.1 Å². The Kier molecular flexibility index (Phi) is 40.6. The zero-order chi connectivity index (χ0) is 37.3. The molecule has 0 aliphatic carbocycles. The van der Waals surface area contributed by atoms with Gasteiger partial charge in [-0.15, -0.1) is 0 Å². The highest BCUT2D eigenvalue weighted by Gasteiger charge is 2.20. The Bertz CT molecular complexity index is 754. The maximum atomic E-state index is 12.4. The lowest BCUT2D eigenvalue weighted by Crippen LogP contribution is -2.45. The second-order valence-electron chi connectivity index (χ2n) is 15.7. The minimum Gasteiger partial charge on any atom is -0.394 e. The van der Waals surface area contributed by atoms with Crippen molar-refractivity contribution in [3.05, 3.63) is 24.3 Å². The van der Waals surface area contributed by atoms with Crippen molar-refractivity contribution in [2.45, 2.75) is 257 Å². The fraction of sp³-hybridized carbons (Fsp3) is 0.891. The Balaban J connectivity index is 3.64. The molecule has 3 atom stereocenters. The van der Waals surface area contributed by atoms with Crippen LogP contribution in [-0.2, 0) is 4.79 Å². The molecule has 1 amide bonds. The lowest BCUT2D eigenvalue weighted by molar-refractivity contribution is -0.124. The van der Waals surface area contributed by atoms with Crippen LogP contribution in [0.25, 0.3) is 0 Å². The highest BCUT2D eigenvalue weighted by atomic mass is 16.3. The summed E-state index contributed by atoms with van der Waals surface area (Å²) in [5, 5.41) is 33.1. The van der Waals surface area contributed by atoms with Crippen molar-refractivity contribution in [3.8, 4) is 0 Å². The number of hydrogen-bond acceptors (Lipinski definition) is 4. The van der Waals surface area contributed by atoms with E-state index in [1.54, 1.807) is 6.08 Å². The number of amides is 1. The Labute approximate surface area is 318 Å². The van der Waals surface area contributed by atoms with E-state index < -0.39 is 18.2 Å². The van der Waals surface area contributed by atoms with Crippen molar-refractivity contribution >= 4 is 5.91 Å². The summed E-state index contributed by atoms with van der Waals surface area (Å²) in [6, 6.07) is -0.757. The van der Waals surface area contributed by atoms with Crippen LogP contribution in [0.4, 0.5) is 0 Å². The average molecular weight is 720 g/mol. The van der Waals surface area contributed by atoms with Gasteiger partial charge in [0.2, 0.25) is 5.91 Å². The van der Waals surface area contributed by atoms with E-state index in [1.165, 1.54) is 180 Å². The van der Waals surface area contributed by atoms with E-state index in [9.17, 15) is 20.1 Å². The molecule has 3 unspecified atom stereocenters. The van der Waals surface area contributed by atoms with Gasteiger partial charge in [0.15, 0.2) is 0 Å². The van der Waals surface area contributed by atoms with Crippen molar-refractivity contribution in [1.29, 1.82) is 0 Å². The molecule has 0 heterocycles. The van der Waals surface area contributed by atoms with Gasteiger partial charge in [0.05, 0.1) is 31.3 Å². The van der Waals surface area contributed by atoms with Crippen LogP contribution in [0.3, 0.4) is 0 Å². The van der Waals surface area contributed by atoms with E-state index in [0.29, 0.717) is 6.42 Å². The maximum Gasteiger partial charge on any atom is 0.222 e. The summed E-state index contributed by atoms with van der Waals surface area (Å²) in [5.41, 5.74) is 0. The Hall–Kier alpha value is -1.17. The van der Waals surface area contributed by atoms with Crippen molar-refractivity contribution in [3.63, 3.8) is 0 Å². The van der Waals surface area contributed by atoms with Gasteiger partial charge in [0.1, 0.15) is 0 Å². The first-order valence-corrected chi connectivity index (χ1v) is 22.6. The largest absolute Gasteiger partial charge is 0.394 e. The minimum atomic E-state index is -0.948. The second kappa shape index (κ2) is 41.6. The van der Waals surface area contributed by atoms with Crippen LogP contribution in [0, 0.1) is 0 Å². The molecule has 302 valence electrons. The van der Waals surface area contributed by atoms with Crippen LogP contribution >= 0.6 is 0 Å². The monoisotopic (exact) mass is 720 g/mol. The van der Waals surface area contributed by atoms with Crippen molar-refractivity contribution in [1.82, 2.24) is 5.32 Å². The number of hydrogen-bond donors (Lipinski definition) is 4. The highest BCUT2D eigenvalue weighted by molar-refractivity contribution is 5.76. The van der Waals surface area contributed by atoms with E-state index in [-0.39, 0.29) is 18.9 Å². The van der Waals surface area contributed by atoms with Crippen LogP contribution in [0.15, 0.2) is 24.3 Å². The summed E-state index contributed by atoms with van der Waals surface area (Å²) in [6.07, 6.45) is 50.5. The molecular weight excluding hydrogens is 631 g/mol. The predicted molar refractivity (Wildman–Crippen MR) is 222 cm³/mol. The molecule has 0 bridgehead atoms. The van der Waals surface area contributed by atoms with Crippen LogP contribution in [0.1, 0.15) is 239 Å². The minimum absolute atomic E-state index is 0.00893. The lowest BCUT2D eigenvalue weighted by Gasteiger charge is -2.21. The fourth-order valence-corrected chi connectivity index (χ4v) is 7.00. The summed E-state index contributed by atoms with van der Waals surface area (Å²) >= 11 is 0. The molecule has 0 rings (SSSR count). The van der Waals surface area contributed by atoms with Gasteiger partial charge in [-0.05, 0) is 32.1 Å². The van der Waals surface area contributed by atoms with Gasteiger partial charge in [-0.3, -0.25) is 4.79 Å². The normalized spacial score (nSPS) is 13.7. The predicted octanol–water partition coefficient (Wildman–Crippen LogP) is 13.0. The van der Waals surface area contributed by atoms with Crippen molar-refractivity contribution in [2.75, 3.05) is 6.61 Å². The number of allylic oxidation sites excluding steroid dienone is 3. The van der Waals surface area contributed by atoms with Crippen LogP contribution in [-0.4, -0.2) is 46.1 Å². The van der Waals surface area contributed by atoms with Crippen LogP contribution < -0.4 is 5.32 Å². The molecule has 5 heteroatoms. The summed E-state index contributed by atoms with van der Waals surface area (Å²) < 4.78 is 0. The van der Waals surface area contributed by atoms with E-state index in [2.05, 4.69) is 31.3 Å². The van der Waals surface area contributed by atoms with E-state index in [4.69, 9.17) is 0 Å². The quantitative estimate of drug-likeness (QED) is 0.0374. The van der Waals surface area contributed by atoms with Crippen molar-refractivity contribution < 1.29 is 20.1 Å². The standard InChI is InChI=1S/C46H89NO4/c1-3-5-7-9-11-13-15-16-17-18-19-20-21-22-23-24-25-26-27-28-30-32-34-36-38-40-45(50)44(42-48)47-46(51)41-43(49)39-37-35-33-31-29-14-12-10-8-6-4-2/h30,32,38,40,43-45,48-50H,3-29,31,33-37,39,41-42H2,1-2H3,(H,47,51)/b32-30+,40-38+. The molecule has 0 aromatic heterocycles. The lowest BCUT2D eigenvalue weighted by atomic mass is 10.0. The molecular formula is C46H89NO4. The number of nitrogens with one attached hydrogen (secondary N) is 1. The molecule has 0 aliphatic heterocycles. The summed E-state index contributed by atoms with van der Waals surface area (Å²) in [7, 11) is 0. The second-order valence-corrected chi connectivity index (χ2v) is 15.7. The maximum absolute atomic E-state index is 12.4. The van der Waals surface area contributed by atoms with Gasteiger partial charge >= 0.3 is 0 Å². The molecule has 0 radical (unpaired) electrons. The van der Waals surface area contributed by atoms with Crippen LogP contribution in [0.5, 0.6) is 0 Å². The van der Waals surface area contributed by atoms with Gasteiger partial charge in [0, 0.05) is 0 Å². The zero-order valence-electron chi connectivity index (χ0n) is 34.2. The van der Waals surface area contributed by atoms with Gasteiger partial charge in [-0.2, -0.15) is 0 Å². The molecule has 0 fully saturated rings. The molecule has 4 N–H and O–H groups in total. The first-order chi connectivity index (χ1) is 25.0. The van der Waals surface area contributed by atoms with Gasteiger partial charge in [-0.1, -0.05) is 224 Å². The smallest absolute Gasteiger partial charge is 0.222 e. The number of rotatable bonds is 41. The third-order valence-electron chi connectivity index (χ3n) is 10.5. The van der Waals surface area contributed by atoms with Gasteiger partial charge in [0.25, 0.3) is 0 Å². The number of unbranched alkanes of at least 4 members (excludes halogenated alkanes) is 30. The summed E-state index contributed by atoms with van der Waals surface area (Å²) in [5.74, 6) is -0.324. The Morgan fingerprint density at radius 1 is 0.490 bits per heavy atom. The Morgan fingerprint density at radius 3 is 1.25 bits per heavy atom. The molecule has 0 aromatic carbocycles. The third kappa shape index (κ3) is 38.4. The SMILES string of the molecule is CCCCCCCCCCCCCCCCCCCCC/C=C/CC/C=C/C(O)C(CO)NC(=O)CC(O)CCCCCCCCCCCCC. The van der Waals surface area contributed by atoms with Gasteiger partial charge < -0.3 is 20.6 Å². The summed E-state index contributed by atoms with van der Waals surface area (Å²) in [6.45, 7) is 4.20. The summed E-state index contributed by atoms with van der Waals surface area (Å²) in [4.78, 5) is 12.4. The molecule has 0 aliphatic rings. The zero-order valence-corrected chi connectivity index (χ0v) is 34.2. The molecule has 51 heavy (non-hydrogen) atoms. The van der Waals surface area contributed by atoms with Gasteiger partial charge in [-0.25, -0.2) is 0 Å². The third-order valence-corrected chi connectivity index (χ3v) is 10.5. The molecule has 5 nitrogen and oxygen atoms in total. The highest BCUT2D eigenvalue weighted by Crippen LogP contribution is 2.16. The first-order valence-electron chi connectivity index (χ1n) is 22.6. The number of carbonyl (C=O) groups excluding carboxylic acids is 1. The molecule has 0 aromatic rings. The molecule has 0 saturated heterocycles. The van der Waals surface area contributed by atoms with E-state index in [1.807, 2.05) is 6.08 Å². The number of carbonyl (C=O) groups is 1. The van der Waals surface area contributed by atoms with E-state index >= 15 is 0 Å². The van der Waals surface area contributed by atoms with Crippen LogP contribution in [0.2, 0.25) is 0 Å². The topological polar surface area (TPSA) is 89.8 Å². The first kappa shape index (κ1) is 49.8. The fourth-order valence-electron chi connectivity index (χ4n) is 7.00.